The first-order chi connectivity index (χ1) is 20.3. The Labute approximate surface area is 259 Å². The van der Waals surface area contributed by atoms with Gasteiger partial charge in [0, 0.05) is 39.2 Å². The van der Waals surface area contributed by atoms with Crippen LogP contribution in [0.3, 0.4) is 0 Å². The number of phenols is 4. The third-order valence-corrected chi connectivity index (χ3v) is 10.5. The van der Waals surface area contributed by atoms with Crippen LogP contribution in [0.2, 0.25) is 0 Å². The molecule has 6 nitrogen and oxygen atoms in total. The zero-order valence-corrected chi connectivity index (χ0v) is 24.8. The summed E-state index contributed by atoms with van der Waals surface area (Å²) >= 11 is 5.28. The highest BCUT2D eigenvalue weighted by atomic mass is 32.2. The molecule has 0 aromatic heterocycles. The smallest absolute Gasteiger partial charge is 0.115 e. The van der Waals surface area contributed by atoms with E-state index in [0.717, 1.165) is 19.6 Å². The van der Waals surface area contributed by atoms with E-state index >= 15 is 0 Å². The van der Waals surface area contributed by atoms with E-state index in [9.17, 15) is 30.9 Å². The highest BCUT2D eigenvalue weighted by Gasteiger charge is 2.27. The molecule has 42 heavy (non-hydrogen) atoms. The summed E-state index contributed by atoms with van der Waals surface area (Å²) in [6.45, 7) is 0. The Morgan fingerprint density at radius 2 is 0.548 bits per heavy atom. The van der Waals surface area contributed by atoms with Crippen LogP contribution in [0.15, 0.2) is 136 Å². The Morgan fingerprint density at radius 3 is 0.714 bits per heavy atom. The van der Waals surface area contributed by atoms with Gasteiger partial charge >= 0.3 is 0 Å². The Morgan fingerprint density at radius 1 is 0.357 bits per heavy atom. The standard InChI is InChI=1S/C32H20N2O4S4/c33-17-27-29(39-23-9-1-19(35)2-10-23)30(40-24-11-3-20(36)4-12-24)28(18-34)32(42-26-15-7-22(38)8-16-26)31(27)41-25-13-5-21(37)6-14-25/h1-16,35-38H. The number of phenolic OH excluding ortho intramolecular Hbond substituents is 4. The predicted octanol–water partition coefficient (Wildman–Crippen LogP) is 8.86. The molecule has 0 fully saturated rings. The van der Waals surface area contributed by atoms with Crippen LogP contribution < -0.4 is 0 Å². The van der Waals surface area contributed by atoms with Crippen LogP contribution in [0.25, 0.3) is 0 Å². The maximum absolute atomic E-state index is 10.6. The minimum Gasteiger partial charge on any atom is -0.508 e. The van der Waals surface area contributed by atoms with E-state index < -0.39 is 0 Å². The summed E-state index contributed by atoms with van der Waals surface area (Å²) < 4.78 is 0. The number of benzene rings is 5. The Hall–Kier alpha value is -4.32. The van der Waals surface area contributed by atoms with E-state index in [1.54, 1.807) is 97.1 Å². The molecule has 0 amide bonds. The van der Waals surface area contributed by atoms with Gasteiger partial charge < -0.3 is 20.4 Å². The van der Waals surface area contributed by atoms with Crippen molar-refractivity contribution in [3.05, 3.63) is 108 Å². The van der Waals surface area contributed by atoms with Crippen LogP contribution in [-0.4, -0.2) is 20.4 Å². The lowest BCUT2D eigenvalue weighted by Crippen LogP contribution is -1.99. The van der Waals surface area contributed by atoms with Gasteiger partial charge in [-0.05, 0) is 97.1 Å². The molecule has 0 spiro atoms. The van der Waals surface area contributed by atoms with Gasteiger partial charge in [-0.1, -0.05) is 47.0 Å². The van der Waals surface area contributed by atoms with Crippen molar-refractivity contribution < 1.29 is 20.4 Å². The molecule has 0 radical (unpaired) electrons. The van der Waals surface area contributed by atoms with Gasteiger partial charge in [-0.25, -0.2) is 0 Å². The van der Waals surface area contributed by atoms with E-state index in [4.69, 9.17) is 0 Å². The molecule has 10 heteroatoms. The van der Waals surface area contributed by atoms with Crippen LogP contribution >= 0.6 is 47.0 Å². The summed E-state index contributed by atoms with van der Waals surface area (Å²) in [6.07, 6.45) is 0. The summed E-state index contributed by atoms with van der Waals surface area (Å²) in [7, 11) is 0. The topological polar surface area (TPSA) is 128 Å². The maximum atomic E-state index is 10.6. The summed E-state index contributed by atoms with van der Waals surface area (Å²) in [5, 5.41) is 60.6. The van der Waals surface area contributed by atoms with Crippen molar-refractivity contribution in [3.63, 3.8) is 0 Å². The molecule has 0 saturated carbocycles. The molecule has 0 atom stereocenters. The van der Waals surface area contributed by atoms with Gasteiger partial charge in [0.05, 0.1) is 11.1 Å². The second-order valence-corrected chi connectivity index (χ2v) is 13.0. The molecule has 5 aromatic carbocycles. The molecule has 0 unspecified atom stereocenters. The largest absolute Gasteiger partial charge is 0.508 e. The van der Waals surface area contributed by atoms with Crippen molar-refractivity contribution >= 4 is 47.0 Å². The number of nitrogens with zero attached hydrogens (tertiary/aromatic N) is 2. The van der Waals surface area contributed by atoms with Gasteiger partial charge in [0.1, 0.15) is 35.1 Å². The minimum absolute atomic E-state index is 0.112. The van der Waals surface area contributed by atoms with Crippen LogP contribution in [0.5, 0.6) is 23.0 Å². The molecule has 0 aliphatic carbocycles. The first kappa shape index (κ1) is 29.2. The lowest BCUT2D eigenvalue weighted by atomic mass is 10.1. The van der Waals surface area contributed by atoms with Gasteiger partial charge in [-0.2, -0.15) is 10.5 Å². The van der Waals surface area contributed by atoms with Gasteiger partial charge in [-0.3, -0.25) is 0 Å². The lowest BCUT2D eigenvalue weighted by molar-refractivity contribution is 0.474. The van der Waals surface area contributed by atoms with Gasteiger partial charge in [0.25, 0.3) is 0 Å². The second-order valence-electron chi connectivity index (χ2n) is 8.67. The van der Waals surface area contributed by atoms with Gasteiger partial charge in [0.15, 0.2) is 0 Å². The van der Waals surface area contributed by atoms with E-state index in [-0.39, 0.29) is 23.0 Å². The number of nitriles is 2. The monoisotopic (exact) mass is 624 g/mol. The van der Waals surface area contributed by atoms with Crippen molar-refractivity contribution in [3.8, 4) is 35.1 Å². The van der Waals surface area contributed by atoms with Crippen molar-refractivity contribution in [2.75, 3.05) is 0 Å². The van der Waals surface area contributed by atoms with E-state index in [2.05, 4.69) is 12.1 Å². The SMILES string of the molecule is N#Cc1c(Sc2ccc(O)cc2)c(Sc2ccc(O)cc2)c(C#N)c(Sc2ccc(O)cc2)c1Sc1ccc(O)cc1. The maximum Gasteiger partial charge on any atom is 0.115 e. The first-order valence-corrected chi connectivity index (χ1v) is 15.5. The molecular formula is C32H20N2O4S4. The fourth-order valence-corrected chi connectivity index (χ4v) is 8.22. The third kappa shape index (κ3) is 6.76. The fraction of sp³-hybridized carbons (Fsp3) is 0. The normalized spacial score (nSPS) is 10.6. The van der Waals surface area contributed by atoms with Crippen molar-refractivity contribution in [1.82, 2.24) is 0 Å². The molecule has 0 heterocycles. The quantitative estimate of drug-likeness (QED) is 0.133. The molecule has 0 bridgehead atoms. The third-order valence-electron chi connectivity index (χ3n) is 5.77. The molecular weight excluding hydrogens is 605 g/mol. The summed E-state index contributed by atoms with van der Waals surface area (Å²) in [5.41, 5.74) is 0.736. The number of rotatable bonds is 8. The van der Waals surface area contributed by atoms with Crippen LogP contribution in [0.1, 0.15) is 11.1 Å². The predicted molar refractivity (Wildman–Crippen MR) is 165 cm³/mol. The zero-order chi connectivity index (χ0) is 29.6. The van der Waals surface area contributed by atoms with E-state index in [1.807, 2.05) is 0 Å². The van der Waals surface area contributed by atoms with Crippen LogP contribution in [0.4, 0.5) is 0 Å². The Bertz CT molecular complexity index is 1560. The van der Waals surface area contributed by atoms with Gasteiger partial charge in [0.2, 0.25) is 0 Å². The lowest BCUT2D eigenvalue weighted by Gasteiger charge is -2.20. The summed E-state index contributed by atoms with van der Waals surface area (Å²) in [6, 6.07) is 31.2. The second kappa shape index (κ2) is 13.1. The molecule has 4 N–H and O–H groups in total. The van der Waals surface area contributed by atoms with Crippen LogP contribution in [-0.2, 0) is 0 Å². The highest BCUT2D eigenvalue weighted by Crippen LogP contribution is 2.52. The van der Waals surface area contributed by atoms with Crippen molar-refractivity contribution in [2.24, 2.45) is 0 Å². The van der Waals surface area contributed by atoms with Crippen LogP contribution in [0, 0.1) is 22.7 Å². The van der Waals surface area contributed by atoms with Crippen molar-refractivity contribution in [2.45, 2.75) is 39.2 Å². The average molecular weight is 625 g/mol. The fourth-order valence-electron chi connectivity index (χ4n) is 3.78. The minimum atomic E-state index is 0.112. The summed E-state index contributed by atoms with van der Waals surface area (Å²) in [4.78, 5) is 5.37. The molecule has 0 saturated heterocycles. The molecule has 5 rings (SSSR count). The Kier molecular flexibility index (Phi) is 9.11. The van der Waals surface area contributed by atoms with E-state index in [0.29, 0.717) is 30.7 Å². The van der Waals surface area contributed by atoms with Gasteiger partial charge in [-0.15, -0.1) is 0 Å². The molecule has 0 aliphatic heterocycles. The highest BCUT2D eigenvalue weighted by molar-refractivity contribution is 8.03. The van der Waals surface area contributed by atoms with Crippen molar-refractivity contribution in [1.29, 1.82) is 10.5 Å². The number of hydrogen-bond acceptors (Lipinski definition) is 10. The molecule has 0 aliphatic rings. The first-order valence-electron chi connectivity index (χ1n) is 12.3. The zero-order valence-electron chi connectivity index (χ0n) is 21.6. The molecule has 206 valence electrons. The average Bonchev–Trinajstić information content (AvgIpc) is 2.99. The molecule has 5 aromatic rings. The Balaban J connectivity index is 1.78. The van der Waals surface area contributed by atoms with E-state index in [1.165, 1.54) is 47.0 Å². The summed E-state index contributed by atoms with van der Waals surface area (Å²) in [5.74, 6) is 0.446. The number of aromatic hydroxyl groups is 4. The number of hydrogen-bond donors (Lipinski definition) is 4.